The Kier molecular flexibility index (Phi) is 5.50. The van der Waals surface area contributed by atoms with Crippen LogP contribution in [-0.4, -0.2) is 22.0 Å². The van der Waals surface area contributed by atoms with Gasteiger partial charge in [0.05, 0.1) is 21.8 Å². The number of nitrogens with zero attached hydrogens (tertiary/aromatic N) is 2. The summed E-state index contributed by atoms with van der Waals surface area (Å²) < 4.78 is 21.7. The lowest BCUT2D eigenvalue weighted by Gasteiger charge is -2.20. The van der Waals surface area contributed by atoms with Gasteiger partial charge in [0.25, 0.3) is 0 Å². The highest BCUT2D eigenvalue weighted by Crippen LogP contribution is 2.61. The number of carbonyl (C=O) groups excluding carboxylic acids is 1. The van der Waals surface area contributed by atoms with E-state index in [0.717, 1.165) is 33.0 Å². The molecule has 2 aliphatic rings. The Morgan fingerprint density at radius 2 is 2.06 bits per heavy atom. The number of ether oxygens (including phenoxy) is 1. The molecule has 6 rings (SSSR count). The Morgan fingerprint density at radius 1 is 1.26 bits per heavy atom. The predicted molar refractivity (Wildman–Crippen MR) is 136 cm³/mol. The van der Waals surface area contributed by atoms with E-state index < -0.39 is 0 Å². The molecule has 0 spiro atoms. The summed E-state index contributed by atoms with van der Waals surface area (Å²) in [5.41, 5.74) is 1.51. The molecule has 5 atom stereocenters. The van der Waals surface area contributed by atoms with E-state index in [1.54, 1.807) is 24.4 Å². The molecule has 1 amide bonds. The second-order valence-electron chi connectivity index (χ2n) is 9.12. The van der Waals surface area contributed by atoms with Gasteiger partial charge >= 0.3 is 0 Å². The smallest absolute Gasteiger partial charge is 0.229 e. The number of thiazole rings is 1. The quantitative estimate of drug-likeness (QED) is 0.283. The first-order valence-electron chi connectivity index (χ1n) is 11.1. The molecule has 2 fully saturated rings. The molecule has 0 aliphatic heterocycles. The molecule has 2 aromatic heterocycles. The molecule has 2 saturated carbocycles. The second-order valence-corrected chi connectivity index (χ2v) is 11.4. The number of halogens is 3. The van der Waals surface area contributed by atoms with Crippen LogP contribution in [0.2, 0.25) is 5.02 Å². The fraction of sp³-hybridized carbons (Fsp3) is 0.320. The molecule has 2 aliphatic carbocycles. The molecular formula is C25H20BrClFN3O2S. The average molecular weight is 561 g/mol. The molecule has 1 N–H and O–H groups in total. The van der Waals surface area contributed by atoms with Crippen molar-refractivity contribution in [1.29, 1.82) is 0 Å². The van der Waals surface area contributed by atoms with Gasteiger partial charge in [-0.05, 0) is 82.9 Å². The van der Waals surface area contributed by atoms with Crippen molar-refractivity contribution in [3.63, 3.8) is 0 Å². The number of hydrogen-bond acceptors (Lipinski definition) is 5. The number of carbonyl (C=O) groups is 1. The largest absolute Gasteiger partial charge is 0.490 e. The number of amides is 1. The summed E-state index contributed by atoms with van der Waals surface area (Å²) >= 11 is 11.0. The summed E-state index contributed by atoms with van der Waals surface area (Å²) in [5, 5.41) is 4.90. The molecule has 4 aromatic rings. The van der Waals surface area contributed by atoms with Crippen LogP contribution in [0.4, 0.5) is 9.52 Å². The molecule has 0 radical (unpaired) electrons. The van der Waals surface area contributed by atoms with Gasteiger partial charge in [-0.25, -0.2) is 9.37 Å². The predicted octanol–water partition coefficient (Wildman–Crippen LogP) is 7.08. The molecule has 0 saturated heterocycles. The maximum atomic E-state index is 13.7. The zero-order valence-corrected chi connectivity index (χ0v) is 21.3. The summed E-state index contributed by atoms with van der Waals surface area (Å²) in [4.78, 5) is 21.8. The second kappa shape index (κ2) is 8.43. The van der Waals surface area contributed by atoms with Gasteiger partial charge in [0, 0.05) is 27.0 Å². The maximum absolute atomic E-state index is 13.7. The van der Waals surface area contributed by atoms with Crippen molar-refractivity contribution >= 4 is 71.0 Å². The van der Waals surface area contributed by atoms with Gasteiger partial charge in [-0.15, -0.1) is 0 Å². The van der Waals surface area contributed by atoms with Gasteiger partial charge in [-0.1, -0.05) is 29.9 Å². The van der Waals surface area contributed by atoms with Gasteiger partial charge in [-0.2, -0.15) is 0 Å². The molecule has 9 heteroatoms. The third-order valence-electron chi connectivity index (χ3n) is 7.06. The Bertz CT molecular complexity index is 1430. The van der Waals surface area contributed by atoms with Gasteiger partial charge in [0.2, 0.25) is 5.91 Å². The monoisotopic (exact) mass is 559 g/mol. The zero-order valence-electron chi connectivity index (χ0n) is 18.1. The Morgan fingerprint density at radius 3 is 2.85 bits per heavy atom. The van der Waals surface area contributed by atoms with Crippen LogP contribution in [0.1, 0.15) is 19.8 Å². The van der Waals surface area contributed by atoms with Crippen molar-refractivity contribution in [2.45, 2.75) is 25.9 Å². The van der Waals surface area contributed by atoms with Crippen LogP contribution in [0.25, 0.3) is 21.1 Å². The highest BCUT2D eigenvalue weighted by Gasteiger charge is 2.59. The summed E-state index contributed by atoms with van der Waals surface area (Å²) in [6.07, 6.45) is 3.56. The van der Waals surface area contributed by atoms with Crippen LogP contribution in [-0.2, 0) is 4.79 Å². The van der Waals surface area contributed by atoms with Crippen LogP contribution in [0.5, 0.6) is 5.75 Å². The minimum atomic E-state index is -0.303. The minimum Gasteiger partial charge on any atom is -0.490 e. The van der Waals surface area contributed by atoms with Crippen molar-refractivity contribution in [1.82, 2.24) is 9.97 Å². The van der Waals surface area contributed by atoms with Crippen LogP contribution >= 0.6 is 38.9 Å². The lowest BCUT2D eigenvalue weighted by atomic mass is 9.97. The number of aromatic nitrogens is 2. The van der Waals surface area contributed by atoms with Gasteiger partial charge in [-0.3, -0.25) is 9.78 Å². The van der Waals surface area contributed by atoms with Crippen LogP contribution < -0.4 is 10.1 Å². The lowest BCUT2D eigenvalue weighted by Crippen LogP contribution is -2.25. The van der Waals surface area contributed by atoms with E-state index in [0.29, 0.717) is 39.0 Å². The Hall–Kier alpha value is -2.29. The third-order valence-corrected chi connectivity index (χ3v) is 8.80. The van der Waals surface area contributed by atoms with Gasteiger partial charge in [0.15, 0.2) is 5.13 Å². The number of anilines is 1. The normalized spacial score (nSPS) is 24.2. The standard InChI is InChI=1S/C25H20BrClFN3O2S/c1-11(24(32)31-25-30-23-18(26)6-12(27)7-21(23)34-25)22-15-9-14(10-16(15)22)33-20-4-5-29-19-3-2-13(28)8-17(19)20/h2-8,11,14-16,22H,9-10H2,1H3,(H,30,31,32)/t11?,14-,15-,16+,22-. The number of fused-ring (bicyclic) bond motifs is 3. The van der Waals surface area contributed by atoms with Gasteiger partial charge in [0.1, 0.15) is 11.6 Å². The average Bonchev–Trinajstić information content (AvgIpc) is 3.10. The first kappa shape index (κ1) is 22.2. The fourth-order valence-electron chi connectivity index (χ4n) is 5.46. The number of benzene rings is 2. The molecule has 1 unspecified atom stereocenters. The molecule has 174 valence electrons. The van der Waals surface area contributed by atoms with Crippen molar-refractivity contribution in [3.05, 3.63) is 57.9 Å². The van der Waals surface area contributed by atoms with Crippen molar-refractivity contribution < 1.29 is 13.9 Å². The summed E-state index contributed by atoms with van der Waals surface area (Å²) in [5.74, 6) is 1.54. The lowest BCUT2D eigenvalue weighted by molar-refractivity contribution is -0.120. The van der Waals surface area contributed by atoms with E-state index in [9.17, 15) is 9.18 Å². The molecule has 0 bridgehead atoms. The van der Waals surface area contributed by atoms with Crippen molar-refractivity contribution in [2.24, 2.45) is 23.7 Å². The molecule has 5 nitrogen and oxygen atoms in total. The zero-order chi connectivity index (χ0) is 23.6. The van der Waals surface area contributed by atoms with Crippen LogP contribution in [0, 0.1) is 29.5 Å². The summed E-state index contributed by atoms with van der Waals surface area (Å²) in [7, 11) is 0. The first-order chi connectivity index (χ1) is 16.4. The van der Waals surface area contributed by atoms with E-state index in [4.69, 9.17) is 16.3 Å². The number of hydrogen-bond donors (Lipinski definition) is 1. The van der Waals surface area contributed by atoms with Crippen molar-refractivity contribution in [2.75, 3.05) is 5.32 Å². The highest BCUT2D eigenvalue weighted by molar-refractivity contribution is 9.10. The minimum absolute atomic E-state index is 0.00579. The SMILES string of the molecule is CC(C(=O)Nc1nc2c(Br)cc(Cl)cc2s1)[C@@H]1[C@@H]2C[C@@H](Oc3ccnc4ccc(F)cc34)C[C@@H]21. The molecular weight excluding hydrogens is 541 g/mol. The van der Waals surface area contributed by atoms with E-state index >= 15 is 0 Å². The van der Waals surface area contributed by atoms with Crippen LogP contribution in [0.3, 0.4) is 0 Å². The third kappa shape index (κ3) is 3.95. The summed E-state index contributed by atoms with van der Waals surface area (Å²) in [6.45, 7) is 1.99. The number of pyridine rings is 1. The molecule has 2 aromatic carbocycles. The first-order valence-corrected chi connectivity index (χ1v) is 13.1. The molecule has 2 heterocycles. The van der Waals surface area contributed by atoms with E-state index in [1.807, 2.05) is 13.0 Å². The summed E-state index contributed by atoms with van der Waals surface area (Å²) in [6, 6.07) is 9.99. The topological polar surface area (TPSA) is 64.1 Å². The van der Waals surface area contributed by atoms with E-state index in [1.165, 1.54) is 23.5 Å². The number of nitrogens with one attached hydrogen (secondary N) is 1. The van der Waals surface area contributed by atoms with E-state index in [2.05, 4.69) is 31.2 Å². The Labute approximate surface area is 212 Å². The number of rotatable bonds is 5. The Balaban J connectivity index is 1.09. The maximum Gasteiger partial charge on any atom is 0.229 e. The van der Waals surface area contributed by atoms with E-state index in [-0.39, 0.29) is 23.7 Å². The highest BCUT2D eigenvalue weighted by atomic mass is 79.9. The van der Waals surface area contributed by atoms with Gasteiger partial charge < -0.3 is 10.1 Å². The van der Waals surface area contributed by atoms with Crippen LogP contribution in [0.15, 0.2) is 47.1 Å². The molecule has 34 heavy (non-hydrogen) atoms. The fourth-order valence-corrected chi connectivity index (χ4v) is 7.49. The van der Waals surface area contributed by atoms with Crippen molar-refractivity contribution in [3.8, 4) is 5.75 Å².